The second-order valence-electron chi connectivity index (χ2n) is 8.17. The quantitative estimate of drug-likeness (QED) is 0.802. The Labute approximate surface area is 167 Å². The van der Waals surface area contributed by atoms with Crippen LogP contribution in [0.15, 0.2) is 42.0 Å². The van der Waals surface area contributed by atoms with Gasteiger partial charge in [0.25, 0.3) is 5.91 Å². The van der Waals surface area contributed by atoms with E-state index in [2.05, 4.69) is 11.0 Å². The van der Waals surface area contributed by atoms with Crippen molar-refractivity contribution in [2.45, 2.75) is 51.0 Å². The molecular weight excluding hydrogens is 352 g/mol. The molecule has 1 aromatic carbocycles. The number of nitrogens with zero attached hydrogens (tertiary/aromatic N) is 2. The molecule has 0 saturated carbocycles. The zero-order chi connectivity index (χ0) is 19.3. The number of benzene rings is 1. The van der Waals surface area contributed by atoms with Crippen molar-refractivity contribution in [1.82, 2.24) is 9.80 Å². The molecule has 2 aliphatic heterocycles. The minimum atomic E-state index is 0.0424. The van der Waals surface area contributed by atoms with E-state index >= 15 is 0 Å². The van der Waals surface area contributed by atoms with Gasteiger partial charge in [-0.1, -0.05) is 24.3 Å². The molecule has 0 N–H and O–H groups in total. The molecule has 2 saturated heterocycles. The normalized spacial score (nSPS) is 24.9. The van der Waals surface area contributed by atoms with Gasteiger partial charge in [-0.2, -0.15) is 0 Å². The van der Waals surface area contributed by atoms with Crippen LogP contribution in [-0.2, 0) is 9.59 Å². The maximum Gasteiger partial charge on any atom is 0.260 e. The minimum absolute atomic E-state index is 0.0424. The van der Waals surface area contributed by atoms with E-state index in [1.54, 1.807) is 0 Å². The minimum Gasteiger partial charge on any atom is -0.484 e. The van der Waals surface area contributed by atoms with E-state index in [1.165, 1.54) is 6.42 Å². The molecule has 28 heavy (non-hydrogen) atoms. The first-order valence-electron chi connectivity index (χ1n) is 10.7. The Morgan fingerprint density at radius 3 is 2.68 bits per heavy atom. The van der Waals surface area contributed by atoms with Gasteiger partial charge in [0.1, 0.15) is 5.75 Å². The van der Waals surface area contributed by atoms with Gasteiger partial charge in [-0.15, -0.1) is 0 Å². The molecule has 0 radical (unpaired) electrons. The molecule has 1 aliphatic carbocycles. The van der Waals surface area contributed by atoms with Crippen LogP contribution in [-0.4, -0.2) is 53.9 Å². The number of likely N-dealkylation sites (tertiary alicyclic amines) is 2. The second-order valence-corrected chi connectivity index (χ2v) is 8.17. The van der Waals surface area contributed by atoms with Crippen molar-refractivity contribution < 1.29 is 14.3 Å². The summed E-state index contributed by atoms with van der Waals surface area (Å²) in [6.07, 6.45) is 9.43. The maximum absolute atomic E-state index is 13.0. The summed E-state index contributed by atoms with van der Waals surface area (Å²) in [6, 6.07) is 9.75. The monoisotopic (exact) mass is 382 g/mol. The zero-order valence-electron chi connectivity index (χ0n) is 16.5. The van der Waals surface area contributed by atoms with Gasteiger partial charge in [-0.3, -0.25) is 9.59 Å². The van der Waals surface area contributed by atoms with E-state index in [0.29, 0.717) is 12.5 Å². The lowest BCUT2D eigenvalue weighted by molar-refractivity contribution is -0.140. The molecule has 2 heterocycles. The summed E-state index contributed by atoms with van der Waals surface area (Å²) in [4.78, 5) is 29.7. The van der Waals surface area contributed by atoms with Crippen LogP contribution in [0.25, 0.3) is 0 Å². The summed E-state index contributed by atoms with van der Waals surface area (Å²) >= 11 is 0. The van der Waals surface area contributed by atoms with E-state index in [9.17, 15) is 9.59 Å². The standard InChI is InChI=1S/C23H30N2O3/c26-22(17-28-20-11-5-2-6-12-20)24-15-13-21-19(16-24)10-7-14-25(21)23(27)18-8-3-1-4-9-18/h2,5-6,8,11-12,19,21H,1,3-4,7,9-10,13-17H2/t19-,21+/m1/s1. The van der Waals surface area contributed by atoms with Gasteiger partial charge in [0.2, 0.25) is 5.91 Å². The van der Waals surface area contributed by atoms with E-state index < -0.39 is 0 Å². The van der Waals surface area contributed by atoms with Crippen LogP contribution in [0.2, 0.25) is 0 Å². The average molecular weight is 383 g/mol. The predicted molar refractivity (Wildman–Crippen MR) is 108 cm³/mol. The SMILES string of the molecule is O=C(COc1ccccc1)N1CC[C@H]2[C@H](CCCN2C(=O)C2=CCCCC2)C1. The van der Waals surface area contributed by atoms with E-state index in [1.807, 2.05) is 35.2 Å². The Kier molecular flexibility index (Phi) is 5.98. The fourth-order valence-electron chi connectivity index (χ4n) is 4.85. The highest BCUT2D eigenvalue weighted by Crippen LogP contribution is 2.33. The topological polar surface area (TPSA) is 49.9 Å². The highest BCUT2D eigenvalue weighted by atomic mass is 16.5. The Balaban J connectivity index is 1.34. The molecule has 5 nitrogen and oxygen atoms in total. The number of allylic oxidation sites excluding steroid dienone is 1. The number of para-hydroxylation sites is 1. The lowest BCUT2D eigenvalue weighted by Crippen LogP contribution is -2.57. The average Bonchev–Trinajstić information content (AvgIpc) is 2.77. The Morgan fingerprint density at radius 1 is 1.04 bits per heavy atom. The Morgan fingerprint density at radius 2 is 1.89 bits per heavy atom. The molecule has 0 unspecified atom stereocenters. The summed E-state index contributed by atoms with van der Waals surface area (Å²) in [5.41, 5.74) is 1.02. The van der Waals surface area contributed by atoms with Crippen LogP contribution in [0.3, 0.4) is 0 Å². The van der Waals surface area contributed by atoms with Crippen molar-refractivity contribution in [1.29, 1.82) is 0 Å². The molecule has 150 valence electrons. The number of hydrogen-bond donors (Lipinski definition) is 0. The molecule has 2 atom stereocenters. The predicted octanol–water partition coefficient (Wildman–Crippen LogP) is 3.41. The van der Waals surface area contributed by atoms with Gasteiger partial charge < -0.3 is 14.5 Å². The van der Waals surface area contributed by atoms with Gasteiger partial charge in [-0.05, 0) is 63.0 Å². The van der Waals surface area contributed by atoms with Crippen LogP contribution in [0, 0.1) is 5.92 Å². The van der Waals surface area contributed by atoms with Crippen molar-refractivity contribution >= 4 is 11.8 Å². The molecule has 3 aliphatic rings. The van der Waals surface area contributed by atoms with Crippen LogP contribution >= 0.6 is 0 Å². The number of carbonyl (C=O) groups is 2. The van der Waals surface area contributed by atoms with Crippen molar-refractivity contribution in [3.8, 4) is 5.75 Å². The summed E-state index contributed by atoms with van der Waals surface area (Å²) in [5.74, 6) is 1.40. The Hall–Kier alpha value is -2.30. The summed E-state index contributed by atoms with van der Waals surface area (Å²) in [5, 5.41) is 0. The number of ether oxygens (including phenoxy) is 1. The molecule has 0 aromatic heterocycles. The third kappa shape index (κ3) is 4.23. The van der Waals surface area contributed by atoms with Crippen LogP contribution < -0.4 is 4.74 Å². The van der Waals surface area contributed by atoms with Crippen LogP contribution in [0.5, 0.6) is 5.75 Å². The largest absolute Gasteiger partial charge is 0.484 e. The first-order chi connectivity index (χ1) is 13.7. The van der Waals surface area contributed by atoms with E-state index in [4.69, 9.17) is 4.74 Å². The summed E-state index contributed by atoms with van der Waals surface area (Å²) < 4.78 is 5.63. The second kappa shape index (κ2) is 8.80. The molecule has 5 heteroatoms. The molecule has 4 rings (SSSR count). The highest BCUT2D eigenvalue weighted by molar-refractivity contribution is 5.93. The number of hydrogen-bond acceptors (Lipinski definition) is 3. The van der Waals surface area contributed by atoms with E-state index in [-0.39, 0.29) is 24.5 Å². The lowest BCUT2D eigenvalue weighted by atomic mass is 9.83. The number of rotatable bonds is 4. The third-order valence-corrected chi connectivity index (χ3v) is 6.35. The first kappa shape index (κ1) is 19.0. The summed E-state index contributed by atoms with van der Waals surface area (Å²) in [6.45, 7) is 2.39. The molecule has 0 spiro atoms. The molecular formula is C23H30N2O3. The van der Waals surface area contributed by atoms with Crippen molar-refractivity contribution in [3.63, 3.8) is 0 Å². The van der Waals surface area contributed by atoms with Crippen molar-refractivity contribution in [2.75, 3.05) is 26.2 Å². The molecule has 2 fully saturated rings. The summed E-state index contributed by atoms with van der Waals surface area (Å²) in [7, 11) is 0. The maximum atomic E-state index is 13.0. The number of piperidine rings is 2. The smallest absolute Gasteiger partial charge is 0.260 e. The lowest BCUT2D eigenvalue weighted by Gasteiger charge is -2.47. The van der Waals surface area contributed by atoms with Gasteiger partial charge in [0, 0.05) is 31.2 Å². The number of carbonyl (C=O) groups excluding carboxylic acids is 2. The number of fused-ring (bicyclic) bond motifs is 1. The van der Waals surface area contributed by atoms with Gasteiger partial charge >= 0.3 is 0 Å². The number of amides is 2. The fraction of sp³-hybridized carbons (Fsp3) is 0.565. The molecule has 2 amide bonds. The Bertz CT molecular complexity index is 731. The highest BCUT2D eigenvalue weighted by Gasteiger charge is 2.39. The third-order valence-electron chi connectivity index (χ3n) is 6.35. The fourth-order valence-corrected chi connectivity index (χ4v) is 4.85. The molecule has 1 aromatic rings. The van der Waals surface area contributed by atoms with Crippen molar-refractivity contribution in [3.05, 3.63) is 42.0 Å². The molecule has 0 bridgehead atoms. The van der Waals surface area contributed by atoms with E-state index in [0.717, 1.165) is 62.9 Å². The zero-order valence-corrected chi connectivity index (χ0v) is 16.5. The van der Waals surface area contributed by atoms with Gasteiger partial charge in [0.15, 0.2) is 6.61 Å². The van der Waals surface area contributed by atoms with Gasteiger partial charge in [-0.25, -0.2) is 0 Å². The first-order valence-corrected chi connectivity index (χ1v) is 10.7. The van der Waals surface area contributed by atoms with Gasteiger partial charge in [0.05, 0.1) is 0 Å². The van der Waals surface area contributed by atoms with Crippen molar-refractivity contribution in [2.24, 2.45) is 5.92 Å². The van der Waals surface area contributed by atoms with Crippen LogP contribution in [0.1, 0.15) is 44.9 Å². The van der Waals surface area contributed by atoms with Crippen LogP contribution in [0.4, 0.5) is 0 Å².